The van der Waals surface area contributed by atoms with Gasteiger partial charge in [-0.15, -0.1) is 0 Å². The van der Waals surface area contributed by atoms with Gasteiger partial charge in [-0.05, 0) is 48.6 Å². The van der Waals surface area contributed by atoms with Gasteiger partial charge in [-0.3, -0.25) is 9.88 Å². The minimum absolute atomic E-state index is 0.131. The Balaban J connectivity index is 1.25. The van der Waals surface area contributed by atoms with E-state index >= 15 is 4.39 Å². The average Bonchev–Trinajstić information content (AvgIpc) is 3.66. The zero-order valence-electron chi connectivity index (χ0n) is 24.4. The van der Waals surface area contributed by atoms with Crippen LogP contribution in [0.2, 0.25) is 0 Å². The van der Waals surface area contributed by atoms with Crippen molar-refractivity contribution in [2.75, 3.05) is 44.8 Å². The van der Waals surface area contributed by atoms with Gasteiger partial charge in [0.1, 0.15) is 29.8 Å². The first kappa shape index (κ1) is 27.1. The summed E-state index contributed by atoms with van der Waals surface area (Å²) < 4.78 is 43.0. The van der Waals surface area contributed by atoms with Crippen LogP contribution in [0.5, 0.6) is 6.01 Å². The number of nitrogens with one attached hydrogen (secondary N) is 1. The Morgan fingerprint density at radius 3 is 2.70 bits per heavy atom. The van der Waals surface area contributed by atoms with E-state index in [1.807, 2.05) is 36.4 Å². The molecule has 8 rings (SSSR count). The van der Waals surface area contributed by atoms with Crippen LogP contribution in [-0.4, -0.2) is 83.5 Å². The first-order valence-corrected chi connectivity index (χ1v) is 15.4. The van der Waals surface area contributed by atoms with E-state index < -0.39 is 12.0 Å². The summed E-state index contributed by atoms with van der Waals surface area (Å²) in [4.78, 5) is 18.7. The average molecular weight is 587 g/mol. The van der Waals surface area contributed by atoms with Gasteiger partial charge in [-0.1, -0.05) is 36.4 Å². The third-order valence-electron chi connectivity index (χ3n) is 9.94. The zero-order valence-corrected chi connectivity index (χ0v) is 24.4. The van der Waals surface area contributed by atoms with Crippen molar-refractivity contribution in [3.8, 4) is 17.3 Å². The number of ether oxygens (including phenoxy) is 2. The third-order valence-corrected chi connectivity index (χ3v) is 9.94. The topological polar surface area (TPSA) is 75.6 Å². The smallest absolute Gasteiger partial charge is 0.319 e. The Morgan fingerprint density at radius 1 is 1.07 bits per heavy atom. The number of alkyl halides is 1. The summed E-state index contributed by atoms with van der Waals surface area (Å²) in [5, 5.41) is 6.12. The monoisotopic (exact) mass is 586 g/mol. The summed E-state index contributed by atoms with van der Waals surface area (Å²) in [5.74, 6) is 0.138. The van der Waals surface area contributed by atoms with E-state index in [1.54, 1.807) is 13.3 Å². The number of halogens is 2. The van der Waals surface area contributed by atoms with Crippen LogP contribution in [0.15, 0.2) is 42.6 Å². The minimum atomic E-state index is -0.858. The van der Waals surface area contributed by atoms with E-state index in [1.165, 1.54) is 0 Å². The number of hydrogen-bond donors (Lipinski definition) is 1. The molecule has 1 N–H and O–H groups in total. The first-order chi connectivity index (χ1) is 21.0. The molecule has 0 amide bonds. The summed E-state index contributed by atoms with van der Waals surface area (Å²) in [5.41, 5.74) is 1.72. The van der Waals surface area contributed by atoms with E-state index in [4.69, 9.17) is 19.4 Å². The number of rotatable bonds is 7. The standard InChI is InChI=1S/C33H36F2N6O2/c1-42-18-21-7-2-5-20-6-3-8-25(27(20)21)29-28(35)30-26(14-36-29)31(40-16-23-9-10-24(17-40)37-23)39-32(38-30)43-19-33-11-4-12-41(33)15-22(34)13-33/h2-3,5-8,14,22-24,37H,4,9-13,15-19H2,1H3/t22-,23-,24+,33+/m1/s1. The number of aromatic nitrogens is 3. The van der Waals surface area contributed by atoms with Gasteiger partial charge in [-0.2, -0.15) is 9.97 Å². The van der Waals surface area contributed by atoms with Crippen LogP contribution >= 0.6 is 0 Å². The van der Waals surface area contributed by atoms with Crippen LogP contribution in [0, 0.1) is 5.82 Å². The summed E-state index contributed by atoms with van der Waals surface area (Å²) in [6, 6.07) is 12.7. The fourth-order valence-corrected chi connectivity index (χ4v) is 8.02. The highest BCUT2D eigenvalue weighted by molar-refractivity contribution is 6.00. The third kappa shape index (κ3) is 4.62. The molecule has 8 nitrogen and oxygen atoms in total. The van der Waals surface area contributed by atoms with Gasteiger partial charge < -0.3 is 19.7 Å². The molecular weight excluding hydrogens is 550 g/mol. The number of benzene rings is 2. The molecule has 4 aromatic rings. The van der Waals surface area contributed by atoms with Gasteiger partial charge in [0.15, 0.2) is 5.82 Å². The largest absolute Gasteiger partial charge is 0.461 e. The predicted octanol–water partition coefficient (Wildman–Crippen LogP) is 5.03. The molecule has 0 spiro atoms. The number of nitrogens with zero attached hydrogens (tertiary/aromatic N) is 5. The number of anilines is 1. The van der Waals surface area contributed by atoms with Crippen molar-refractivity contribution in [2.24, 2.45) is 0 Å². The summed E-state index contributed by atoms with van der Waals surface area (Å²) in [6.45, 7) is 3.55. The predicted molar refractivity (Wildman–Crippen MR) is 162 cm³/mol. The SMILES string of the molecule is COCc1cccc2cccc(-c3ncc4c(N5C[C@H]6CC[C@@H](C5)N6)nc(OC[C@@]56CCCN5C[C@H](F)C6)nc4c3F)c12. The lowest BCUT2D eigenvalue weighted by Gasteiger charge is -2.34. The molecule has 2 bridgehead atoms. The summed E-state index contributed by atoms with van der Waals surface area (Å²) >= 11 is 0. The Bertz CT molecular complexity index is 1690. The molecule has 0 saturated carbocycles. The van der Waals surface area contributed by atoms with Crippen molar-refractivity contribution in [1.82, 2.24) is 25.2 Å². The molecule has 2 aromatic heterocycles. The maximum Gasteiger partial charge on any atom is 0.319 e. The molecule has 6 heterocycles. The molecule has 4 saturated heterocycles. The molecule has 4 aliphatic heterocycles. The number of pyridine rings is 1. The lowest BCUT2D eigenvalue weighted by Crippen LogP contribution is -2.51. The molecule has 43 heavy (non-hydrogen) atoms. The first-order valence-electron chi connectivity index (χ1n) is 15.4. The van der Waals surface area contributed by atoms with Crippen LogP contribution in [0.1, 0.15) is 37.7 Å². The molecule has 0 aliphatic carbocycles. The summed E-state index contributed by atoms with van der Waals surface area (Å²) in [7, 11) is 1.66. The van der Waals surface area contributed by atoms with Gasteiger partial charge in [-0.25, -0.2) is 8.78 Å². The second-order valence-corrected chi connectivity index (χ2v) is 12.7. The van der Waals surface area contributed by atoms with Crippen molar-refractivity contribution in [3.05, 3.63) is 54.0 Å². The molecule has 0 unspecified atom stereocenters. The van der Waals surface area contributed by atoms with Gasteiger partial charge in [0.05, 0.1) is 17.5 Å². The summed E-state index contributed by atoms with van der Waals surface area (Å²) in [6.07, 6.45) is 5.41. The number of methoxy groups -OCH3 is 1. The molecule has 0 radical (unpaired) electrons. The number of piperazine rings is 1. The van der Waals surface area contributed by atoms with Gasteiger partial charge in [0, 0.05) is 57.0 Å². The molecule has 10 heteroatoms. The maximum absolute atomic E-state index is 16.8. The van der Waals surface area contributed by atoms with E-state index in [0.717, 1.165) is 61.7 Å². The normalized spacial score (nSPS) is 27.0. The highest BCUT2D eigenvalue weighted by Gasteiger charge is 2.49. The fraction of sp³-hybridized carbons (Fsp3) is 0.485. The van der Waals surface area contributed by atoms with E-state index in [-0.39, 0.29) is 29.4 Å². The lowest BCUT2D eigenvalue weighted by molar-refractivity contribution is 0.107. The van der Waals surface area contributed by atoms with Crippen LogP contribution in [0.3, 0.4) is 0 Å². The van der Waals surface area contributed by atoms with Gasteiger partial charge in [0.25, 0.3) is 0 Å². The molecule has 4 aliphatic rings. The molecule has 2 aromatic carbocycles. The second-order valence-electron chi connectivity index (χ2n) is 12.7. The Morgan fingerprint density at radius 2 is 1.88 bits per heavy atom. The van der Waals surface area contributed by atoms with Gasteiger partial charge >= 0.3 is 6.01 Å². The van der Waals surface area contributed by atoms with E-state index in [0.29, 0.717) is 48.4 Å². The minimum Gasteiger partial charge on any atom is -0.461 e. The highest BCUT2D eigenvalue weighted by atomic mass is 19.1. The van der Waals surface area contributed by atoms with Crippen molar-refractivity contribution in [3.63, 3.8) is 0 Å². The van der Waals surface area contributed by atoms with Crippen LogP contribution in [0.25, 0.3) is 32.9 Å². The molecular formula is C33H36F2N6O2. The van der Waals surface area contributed by atoms with Crippen molar-refractivity contribution in [1.29, 1.82) is 0 Å². The highest BCUT2D eigenvalue weighted by Crippen LogP contribution is 2.41. The quantitative estimate of drug-likeness (QED) is 0.324. The molecule has 224 valence electrons. The Hall–Kier alpha value is -3.47. The van der Waals surface area contributed by atoms with Gasteiger partial charge in [0.2, 0.25) is 0 Å². The molecule has 4 atom stereocenters. The van der Waals surface area contributed by atoms with Crippen LogP contribution < -0.4 is 15.0 Å². The van der Waals surface area contributed by atoms with Crippen LogP contribution in [0.4, 0.5) is 14.6 Å². The lowest BCUT2D eigenvalue weighted by atomic mass is 9.95. The van der Waals surface area contributed by atoms with E-state index in [9.17, 15) is 4.39 Å². The Kier molecular flexibility index (Phi) is 6.69. The molecule has 4 fully saturated rings. The number of hydrogen-bond acceptors (Lipinski definition) is 8. The van der Waals surface area contributed by atoms with Crippen molar-refractivity contribution in [2.45, 2.75) is 62.5 Å². The fourth-order valence-electron chi connectivity index (χ4n) is 8.02. The second kappa shape index (κ2) is 10.6. The van der Waals surface area contributed by atoms with Crippen LogP contribution in [-0.2, 0) is 11.3 Å². The van der Waals surface area contributed by atoms with Crippen molar-refractivity contribution < 1.29 is 18.3 Å². The van der Waals surface area contributed by atoms with Crippen molar-refractivity contribution >= 4 is 27.5 Å². The zero-order chi connectivity index (χ0) is 29.1. The van der Waals surface area contributed by atoms with E-state index in [2.05, 4.69) is 20.1 Å². The maximum atomic E-state index is 16.8. The Labute approximate surface area is 249 Å². The number of fused-ring (bicyclic) bond motifs is 5.